The van der Waals surface area contributed by atoms with E-state index in [2.05, 4.69) is 11.9 Å². The van der Waals surface area contributed by atoms with Crippen molar-refractivity contribution in [2.24, 2.45) is 11.8 Å². The molecule has 1 aromatic heterocycles. The molecule has 1 saturated carbocycles. The first kappa shape index (κ1) is 15.0. The van der Waals surface area contributed by atoms with Gasteiger partial charge in [-0.2, -0.15) is 0 Å². The zero-order valence-corrected chi connectivity index (χ0v) is 12.2. The van der Waals surface area contributed by atoms with Crippen LogP contribution in [0.1, 0.15) is 49.9 Å². The van der Waals surface area contributed by atoms with Gasteiger partial charge >= 0.3 is 5.97 Å². The molecule has 1 aliphatic rings. The maximum Gasteiger partial charge on any atom is 0.308 e. The van der Waals surface area contributed by atoms with E-state index in [1.807, 2.05) is 18.2 Å². The van der Waals surface area contributed by atoms with Gasteiger partial charge in [-0.05, 0) is 43.7 Å². The number of nitrogens with zero attached hydrogens (tertiary/aromatic N) is 1. The molecule has 1 atom stereocenters. The summed E-state index contributed by atoms with van der Waals surface area (Å²) in [7, 11) is 1.46. The fourth-order valence-corrected chi connectivity index (χ4v) is 3.10. The number of aliphatic hydroxyl groups excluding tert-OH is 1. The summed E-state index contributed by atoms with van der Waals surface area (Å²) in [5, 5.41) is 9.16. The molecule has 0 unspecified atom stereocenters. The van der Waals surface area contributed by atoms with Crippen LogP contribution in [-0.2, 0) is 16.1 Å². The summed E-state index contributed by atoms with van der Waals surface area (Å²) < 4.78 is 4.82. The molecule has 0 radical (unpaired) electrons. The SMILES string of the molecule is COC(=O)C1CCC([C@@H](C)c2cccc(CO)n2)CC1. The maximum absolute atomic E-state index is 11.5. The van der Waals surface area contributed by atoms with E-state index in [9.17, 15) is 4.79 Å². The molecule has 1 fully saturated rings. The Bertz CT molecular complexity index is 453. The smallest absolute Gasteiger partial charge is 0.308 e. The van der Waals surface area contributed by atoms with Gasteiger partial charge in [0.05, 0.1) is 25.3 Å². The third-order valence-electron chi connectivity index (χ3n) is 4.47. The number of pyridine rings is 1. The van der Waals surface area contributed by atoms with Crippen molar-refractivity contribution in [3.05, 3.63) is 29.6 Å². The molecule has 1 aliphatic carbocycles. The number of carbonyl (C=O) groups is 1. The molecule has 0 aliphatic heterocycles. The highest BCUT2D eigenvalue weighted by atomic mass is 16.5. The molecular weight excluding hydrogens is 254 g/mol. The predicted octanol–water partition coefficient (Wildman–Crippen LogP) is 2.66. The lowest BCUT2D eigenvalue weighted by molar-refractivity contribution is -0.146. The Kier molecular flexibility index (Phi) is 5.12. The van der Waals surface area contributed by atoms with Gasteiger partial charge in [0.2, 0.25) is 0 Å². The second-order valence-corrected chi connectivity index (χ2v) is 5.64. The first-order chi connectivity index (χ1) is 9.65. The Morgan fingerprint density at radius 3 is 2.70 bits per heavy atom. The van der Waals surface area contributed by atoms with Crippen molar-refractivity contribution < 1.29 is 14.6 Å². The van der Waals surface area contributed by atoms with Crippen LogP contribution in [0.4, 0.5) is 0 Å². The third-order valence-corrected chi connectivity index (χ3v) is 4.47. The van der Waals surface area contributed by atoms with Gasteiger partial charge in [0, 0.05) is 11.6 Å². The molecule has 4 nitrogen and oxygen atoms in total. The van der Waals surface area contributed by atoms with E-state index in [4.69, 9.17) is 9.84 Å². The lowest BCUT2D eigenvalue weighted by atomic mass is 9.75. The van der Waals surface area contributed by atoms with Crippen LogP contribution in [0.25, 0.3) is 0 Å². The quantitative estimate of drug-likeness (QED) is 0.860. The van der Waals surface area contributed by atoms with Gasteiger partial charge in [0.25, 0.3) is 0 Å². The van der Waals surface area contributed by atoms with E-state index in [0.29, 0.717) is 11.8 Å². The normalized spacial score (nSPS) is 24.1. The molecule has 0 spiro atoms. The summed E-state index contributed by atoms with van der Waals surface area (Å²) in [6.07, 6.45) is 3.88. The van der Waals surface area contributed by atoms with Gasteiger partial charge in [-0.1, -0.05) is 13.0 Å². The number of rotatable bonds is 4. The Morgan fingerprint density at radius 2 is 2.10 bits per heavy atom. The van der Waals surface area contributed by atoms with Gasteiger partial charge in [-0.15, -0.1) is 0 Å². The summed E-state index contributed by atoms with van der Waals surface area (Å²) in [5.41, 5.74) is 1.76. The molecule has 20 heavy (non-hydrogen) atoms. The number of methoxy groups -OCH3 is 1. The number of aliphatic hydroxyl groups is 1. The molecule has 1 N–H and O–H groups in total. The van der Waals surface area contributed by atoms with Crippen molar-refractivity contribution in [1.29, 1.82) is 0 Å². The van der Waals surface area contributed by atoms with E-state index in [1.165, 1.54) is 7.11 Å². The van der Waals surface area contributed by atoms with Gasteiger partial charge < -0.3 is 9.84 Å². The summed E-state index contributed by atoms with van der Waals surface area (Å²) in [5.74, 6) is 0.911. The summed E-state index contributed by atoms with van der Waals surface area (Å²) in [6, 6.07) is 5.81. The fourth-order valence-electron chi connectivity index (χ4n) is 3.10. The average Bonchev–Trinajstić information content (AvgIpc) is 2.53. The molecule has 4 heteroatoms. The van der Waals surface area contributed by atoms with E-state index >= 15 is 0 Å². The highest BCUT2D eigenvalue weighted by Gasteiger charge is 2.30. The van der Waals surface area contributed by atoms with Crippen molar-refractivity contribution in [3.8, 4) is 0 Å². The average molecular weight is 277 g/mol. The molecule has 0 saturated heterocycles. The molecule has 110 valence electrons. The Labute approximate surface area is 120 Å². The lowest BCUT2D eigenvalue weighted by Crippen LogP contribution is -2.25. The Morgan fingerprint density at radius 1 is 1.40 bits per heavy atom. The van der Waals surface area contributed by atoms with Crippen molar-refractivity contribution in [2.75, 3.05) is 7.11 Å². The monoisotopic (exact) mass is 277 g/mol. The van der Waals surface area contributed by atoms with Crippen LogP contribution in [0.15, 0.2) is 18.2 Å². The van der Waals surface area contributed by atoms with Crippen LogP contribution in [0, 0.1) is 11.8 Å². The minimum Gasteiger partial charge on any atom is -0.469 e. The van der Waals surface area contributed by atoms with Gasteiger partial charge in [-0.25, -0.2) is 0 Å². The number of hydrogen-bond donors (Lipinski definition) is 1. The van der Waals surface area contributed by atoms with E-state index in [1.54, 1.807) is 0 Å². The van der Waals surface area contributed by atoms with Crippen molar-refractivity contribution in [1.82, 2.24) is 4.98 Å². The molecule has 1 heterocycles. The molecule has 0 amide bonds. The summed E-state index contributed by atoms with van der Waals surface area (Å²) >= 11 is 0. The van der Waals surface area contributed by atoms with Crippen LogP contribution in [0.5, 0.6) is 0 Å². The number of carbonyl (C=O) groups excluding carboxylic acids is 1. The van der Waals surface area contributed by atoms with Crippen molar-refractivity contribution in [3.63, 3.8) is 0 Å². The standard InChI is InChI=1S/C16H23NO3/c1-11(15-5-3-4-14(10-18)17-15)12-6-8-13(9-7-12)16(19)20-2/h3-5,11-13,18H,6-10H2,1-2H3/t11-,12?,13?/m1/s1. The summed E-state index contributed by atoms with van der Waals surface area (Å²) in [4.78, 5) is 16.0. The maximum atomic E-state index is 11.5. The number of aromatic nitrogens is 1. The molecular formula is C16H23NO3. The minimum atomic E-state index is -0.0727. The highest BCUT2D eigenvalue weighted by Crippen LogP contribution is 2.37. The van der Waals surface area contributed by atoms with Crippen LogP contribution < -0.4 is 0 Å². The van der Waals surface area contributed by atoms with Crippen LogP contribution in [0.2, 0.25) is 0 Å². The van der Waals surface area contributed by atoms with Crippen LogP contribution in [0.3, 0.4) is 0 Å². The van der Waals surface area contributed by atoms with Crippen molar-refractivity contribution >= 4 is 5.97 Å². The molecule has 1 aromatic rings. The second-order valence-electron chi connectivity index (χ2n) is 5.64. The number of hydrogen-bond acceptors (Lipinski definition) is 4. The van der Waals surface area contributed by atoms with Crippen LogP contribution >= 0.6 is 0 Å². The van der Waals surface area contributed by atoms with E-state index in [-0.39, 0.29) is 18.5 Å². The number of ether oxygens (including phenoxy) is 1. The first-order valence-electron chi connectivity index (χ1n) is 7.30. The largest absolute Gasteiger partial charge is 0.469 e. The van der Waals surface area contributed by atoms with Gasteiger partial charge in [0.1, 0.15) is 0 Å². The molecule has 2 rings (SSSR count). The fraction of sp³-hybridized carbons (Fsp3) is 0.625. The zero-order valence-electron chi connectivity index (χ0n) is 12.2. The molecule has 0 aromatic carbocycles. The van der Waals surface area contributed by atoms with Crippen LogP contribution in [-0.4, -0.2) is 23.2 Å². The predicted molar refractivity (Wildman–Crippen MR) is 76.0 cm³/mol. The molecule has 0 bridgehead atoms. The Hall–Kier alpha value is -1.42. The topological polar surface area (TPSA) is 59.4 Å². The second kappa shape index (κ2) is 6.84. The summed E-state index contributed by atoms with van der Waals surface area (Å²) in [6.45, 7) is 2.17. The third kappa shape index (κ3) is 3.37. The Balaban J connectivity index is 1.97. The zero-order chi connectivity index (χ0) is 14.5. The highest BCUT2D eigenvalue weighted by molar-refractivity contribution is 5.72. The number of esters is 1. The van der Waals surface area contributed by atoms with E-state index < -0.39 is 0 Å². The van der Waals surface area contributed by atoms with Gasteiger partial charge in [-0.3, -0.25) is 9.78 Å². The minimum absolute atomic E-state index is 0.0182. The van der Waals surface area contributed by atoms with Crippen molar-refractivity contribution in [2.45, 2.75) is 45.1 Å². The lowest BCUT2D eigenvalue weighted by Gasteiger charge is -2.31. The van der Waals surface area contributed by atoms with E-state index in [0.717, 1.165) is 37.1 Å². The van der Waals surface area contributed by atoms with Gasteiger partial charge in [0.15, 0.2) is 0 Å². The first-order valence-corrected chi connectivity index (χ1v) is 7.30.